The van der Waals surface area contributed by atoms with Gasteiger partial charge in [-0.2, -0.15) is 0 Å². The number of hydrogen-bond donors (Lipinski definition) is 1. The highest BCUT2D eigenvalue weighted by Crippen LogP contribution is 2.27. The van der Waals surface area contributed by atoms with E-state index in [9.17, 15) is 8.42 Å². The van der Waals surface area contributed by atoms with E-state index < -0.39 is 13.3 Å². The molecule has 1 unspecified atom stereocenters. The summed E-state index contributed by atoms with van der Waals surface area (Å²) in [6.45, 7) is 1.91. The van der Waals surface area contributed by atoms with Gasteiger partial charge in [0.2, 0.25) is 10.0 Å². The Kier molecular flexibility index (Phi) is 3.31. The van der Waals surface area contributed by atoms with E-state index in [1.807, 2.05) is 47.7 Å². The number of primary sulfonamides is 1. The number of hydrogen-bond acceptors (Lipinski definition) is 2. The van der Waals surface area contributed by atoms with Crippen LogP contribution in [0.2, 0.25) is 0 Å². The Bertz CT molecular complexity index is 402. The van der Waals surface area contributed by atoms with E-state index in [2.05, 4.69) is 0 Å². The molecule has 0 heterocycles. The molecule has 0 spiro atoms. The van der Waals surface area contributed by atoms with Crippen LogP contribution in [0.5, 0.6) is 0 Å². The molecule has 1 rings (SSSR count). The zero-order valence-electron chi connectivity index (χ0n) is 7.07. The molecule has 1 aromatic carbocycles. The first-order valence-electron chi connectivity index (χ1n) is 3.63. The van der Waals surface area contributed by atoms with E-state index in [0.29, 0.717) is 0 Å². The van der Waals surface area contributed by atoms with Gasteiger partial charge < -0.3 is 0 Å². The quantitative estimate of drug-likeness (QED) is 0.668. The summed E-state index contributed by atoms with van der Waals surface area (Å²) in [5.74, 6) is 0. The van der Waals surface area contributed by atoms with Crippen LogP contribution < -0.4 is 5.14 Å². The Labute approximate surface area is 91.5 Å². The molecule has 0 aliphatic carbocycles. The van der Waals surface area contributed by atoms with Gasteiger partial charge in [-0.05, 0) is 12.5 Å². The lowest BCUT2D eigenvalue weighted by Gasteiger charge is -2.07. The molecule has 0 saturated carbocycles. The highest BCUT2D eigenvalue weighted by Gasteiger charge is 2.19. The maximum Gasteiger partial charge on any atom is 0.225 e. The summed E-state index contributed by atoms with van der Waals surface area (Å²) in [5, 5.41) is 5.03. The van der Waals surface area contributed by atoms with Gasteiger partial charge in [-0.3, -0.25) is 0 Å². The fourth-order valence-corrected chi connectivity index (χ4v) is 1.91. The summed E-state index contributed by atoms with van der Waals surface area (Å²) in [6, 6.07) is 7.31. The van der Waals surface area contributed by atoms with Crippen molar-refractivity contribution in [2.75, 3.05) is 0 Å². The van der Waals surface area contributed by atoms with Gasteiger partial charge in [0.15, 0.2) is 3.26 Å². The standard InChI is InChI=1S/C8H10INO2S/c1-6-3-2-4-7(5-6)8(9)13(10,11)12/h2-5,8H,1H3,(H2,10,11,12). The Balaban J connectivity index is 3.10. The van der Waals surface area contributed by atoms with E-state index >= 15 is 0 Å². The second-order valence-electron chi connectivity index (χ2n) is 2.82. The molecule has 0 aromatic heterocycles. The molecular formula is C8H10INO2S. The molecule has 13 heavy (non-hydrogen) atoms. The minimum absolute atomic E-state index is 0.662. The van der Waals surface area contributed by atoms with Crippen molar-refractivity contribution in [3.05, 3.63) is 35.4 Å². The highest BCUT2D eigenvalue weighted by atomic mass is 127. The van der Waals surface area contributed by atoms with Gasteiger partial charge in [-0.25, -0.2) is 13.6 Å². The normalized spacial score (nSPS) is 14.1. The first-order chi connectivity index (χ1) is 5.91. The average molecular weight is 311 g/mol. The molecule has 0 aliphatic rings. The van der Waals surface area contributed by atoms with Crippen LogP contribution in [0.4, 0.5) is 0 Å². The predicted molar refractivity (Wildman–Crippen MR) is 61.0 cm³/mol. The largest absolute Gasteiger partial charge is 0.228 e. The molecule has 5 heteroatoms. The van der Waals surface area contributed by atoms with Gasteiger partial charge in [0.05, 0.1) is 0 Å². The fourth-order valence-electron chi connectivity index (χ4n) is 1.00. The Morgan fingerprint density at radius 3 is 2.54 bits per heavy atom. The predicted octanol–water partition coefficient (Wildman–Crippen LogP) is 1.72. The van der Waals surface area contributed by atoms with Gasteiger partial charge in [0.25, 0.3) is 0 Å². The molecule has 3 nitrogen and oxygen atoms in total. The van der Waals surface area contributed by atoms with Crippen molar-refractivity contribution >= 4 is 32.6 Å². The van der Waals surface area contributed by atoms with Crippen LogP contribution in [0.1, 0.15) is 14.4 Å². The molecule has 2 N–H and O–H groups in total. The Morgan fingerprint density at radius 1 is 1.46 bits per heavy atom. The van der Waals surface area contributed by atoms with Gasteiger partial charge in [-0.15, -0.1) is 0 Å². The number of alkyl halides is 1. The second kappa shape index (κ2) is 3.93. The molecule has 1 atom stereocenters. The van der Waals surface area contributed by atoms with Gasteiger partial charge in [0.1, 0.15) is 0 Å². The summed E-state index contributed by atoms with van der Waals surface area (Å²) >= 11 is 1.82. The van der Waals surface area contributed by atoms with Crippen LogP contribution in [0.25, 0.3) is 0 Å². The maximum absolute atomic E-state index is 11.0. The minimum atomic E-state index is -3.49. The number of benzene rings is 1. The molecule has 0 bridgehead atoms. The zero-order chi connectivity index (χ0) is 10.1. The first-order valence-corrected chi connectivity index (χ1v) is 6.49. The summed E-state index contributed by atoms with van der Waals surface area (Å²) in [6.07, 6.45) is 0. The van der Waals surface area contributed by atoms with Crippen molar-refractivity contribution in [1.82, 2.24) is 0 Å². The van der Waals surface area contributed by atoms with Gasteiger partial charge >= 0.3 is 0 Å². The van der Waals surface area contributed by atoms with E-state index in [0.717, 1.165) is 11.1 Å². The first kappa shape index (κ1) is 10.9. The molecule has 1 aromatic rings. The molecule has 0 fully saturated rings. The van der Waals surface area contributed by atoms with Crippen LogP contribution in [0, 0.1) is 6.92 Å². The van der Waals surface area contributed by atoms with E-state index in [1.54, 1.807) is 6.07 Å². The van der Waals surface area contributed by atoms with Crippen molar-refractivity contribution < 1.29 is 8.42 Å². The van der Waals surface area contributed by atoms with Crippen LogP contribution >= 0.6 is 22.6 Å². The zero-order valence-corrected chi connectivity index (χ0v) is 10.0. The summed E-state index contributed by atoms with van der Waals surface area (Å²) in [7, 11) is -3.49. The van der Waals surface area contributed by atoms with Crippen LogP contribution in [-0.2, 0) is 10.0 Å². The number of nitrogens with two attached hydrogens (primary N) is 1. The second-order valence-corrected chi connectivity index (χ2v) is 6.56. The topological polar surface area (TPSA) is 60.2 Å². The molecular weight excluding hydrogens is 301 g/mol. The van der Waals surface area contributed by atoms with Crippen molar-refractivity contribution in [3.63, 3.8) is 0 Å². The van der Waals surface area contributed by atoms with Crippen LogP contribution in [-0.4, -0.2) is 8.42 Å². The lowest BCUT2D eigenvalue weighted by Crippen LogP contribution is -2.17. The SMILES string of the molecule is Cc1cccc(C(I)S(N)(=O)=O)c1. The third-order valence-electron chi connectivity index (χ3n) is 1.59. The monoisotopic (exact) mass is 311 g/mol. The van der Waals surface area contributed by atoms with Crippen molar-refractivity contribution in [1.29, 1.82) is 0 Å². The minimum Gasteiger partial charge on any atom is -0.228 e. The third kappa shape index (κ3) is 2.92. The average Bonchev–Trinajstić information content (AvgIpc) is 2.01. The van der Waals surface area contributed by atoms with Crippen molar-refractivity contribution in [3.8, 4) is 0 Å². The molecule has 0 saturated heterocycles. The summed E-state index contributed by atoms with van der Waals surface area (Å²) in [5.41, 5.74) is 1.76. The van der Waals surface area contributed by atoms with E-state index in [1.165, 1.54) is 0 Å². The van der Waals surface area contributed by atoms with Gasteiger partial charge in [-0.1, -0.05) is 52.4 Å². The molecule has 0 aliphatic heterocycles. The maximum atomic E-state index is 11.0. The Morgan fingerprint density at radius 2 is 2.08 bits per heavy atom. The number of rotatable bonds is 2. The number of aryl methyl sites for hydroxylation is 1. The van der Waals surface area contributed by atoms with Crippen molar-refractivity contribution in [2.24, 2.45) is 5.14 Å². The molecule has 0 amide bonds. The summed E-state index contributed by atoms with van der Waals surface area (Å²) < 4.78 is 21.4. The molecule has 0 radical (unpaired) electrons. The smallest absolute Gasteiger partial charge is 0.225 e. The van der Waals surface area contributed by atoms with Crippen LogP contribution in [0.15, 0.2) is 24.3 Å². The van der Waals surface area contributed by atoms with Crippen molar-refractivity contribution in [2.45, 2.75) is 10.2 Å². The van der Waals surface area contributed by atoms with Gasteiger partial charge in [0, 0.05) is 0 Å². The highest BCUT2D eigenvalue weighted by molar-refractivity contribution is 14.1. The lowest BCUT2D eigenvalue weighted by atomic mass is 10.2. The third-order valence-corrected chi connectivity index (χ3v) is 5.29. The van der Waals surface area contributed by atoms with Crippen LogP contribution in [0.3, 0.4) is 0 Å². The van der Waals surface area contributed by atoms with E-state index in [-0.39, 0.29) is 0 Å². The fraction of sp³-hybridized carbons (Fsp3) is 0.250. The molecule has 72 valence electrons. The number of sulfonamides is 1. The lowest BCUT2D eigenvalue weighted by molar-refractivity contribution is 0.597. The van der Waals surface area contributed by atoms with E-state index in [4.69, 9.17) is 5.14 Å². The summed E-state index contributed by atoms with van der Waals surface area (Å²) in [4.78, 5) is 0. The number of halogens is 1. The Hall–Kier alpha value is -0.140.